The highest BCUT2D eigenvalue weighted by Crippen LogP contribution is 2.40. The zero-order chi connectivity index (χ0) is 29.5. The van der Waals surface area contributed by atoms with E-state index >= 15 is 0 Å². The second-order valence-electron chi connectivity index (χ2n) is 7.86. The van der Waals surface area contributed by atoms with Crippen molar-refractivity contribution in [2.45, 2.75) is 19.2 Å². The zero-order valence-corrected chi connectivity index (χ0v) is 21.1. The van der Waals surface area contributed by atoms with Crippen LogP contribution in [0.2, 0.25) is 0 Å². The minimum atomic E-state index is -5.20. The quantitative estimate of drug-likeness (QED) is 0.0719. The van der Waals surface area contributed by atoms with Crippen LogP contribution < -0.4 is 19.6 Å². The molecule has 40 heavy (non-hydrogen) atoms. The number of esters is 1. The Morgan fingerprint density at radius 2 is 1.50 bits per heavy atom. The van der Waals surface area contributed by atoms with Gasteiger partial charge in [-0.3, -0.25) is 4.79 Å². The minimum absolute atomic E-state index is 0.118. The summed E-state index contributed by atoms with van der Waals surface area (Å²) in [6, 6.07) is 8.42. The van der Waals surface area contributed by atoms with Gasteiger partial charge in [-0.05, 0) is 47.1 Å². The molecular formula is C25H11BrF8O6. The fourth-order valence-corrected chi connectivity index (χ4v) is 3.61. The van der Waals surface area contributed by atoms with E-state index < -0.39 is 86.7 Å². The molecule has 4 rings (SSSR count). The Kier molecular flexibility index (Phi) is 7.78. The molecule has 0 saturated carbocycles. The molecule has 1 atom stereocenters. The summed E-state index contributed by atoms with van der Waals surface area (Å²) >= 11 is 3.09. The molecule has 1 unspecified atom stereocenters. The van der Waals surface area contributed by atoms with E-state index in [0.29, 0.717) is 0 Å². The first-order valence-electron chi connectivity index (χ1n) is 10.7. The molecule has 0 aliphatic heterocycles. The van der Waals surface area contributed by atoms with Gasteiger partial charge in [0.05, 0.1) is 9.86 Å². The summed E-state index contributed by atoms with van der Waals surface area (Å²) in [5.74, 6) is -18.6. The van der Waals surface area contributed by atoms with Crippen LogP contribution in [-0.2, 0) is 11.0 Å². The van der Waals surface area contributed by atoms with E-state index in [9.17, 15) is 44.7 Å². The van der Waals surface area contributed by atoms with Crippen LogP contribution in [0, 0.1) is 29.1 Å². The molecule has 6 nitrogen and oxygen atoms in total. The maximum atomic E-state index is 13.8. The topological polar surface area (TPSA) is 75.0 Å². The summed E-state index contributed by atoms with van der Waals surface area (Å²) in [5.41, 5.74) is -1.90. The maximum absolute atomic E-state index is 13.8. The van der Waals surface area contributed by atoms with Crippen molar-refractivity contribution in [2.75, 3.05) is 0 Å². The van der Waals surface area contributed by atoms with Crippen molar-refractivity contribution >= 4 is 32.9 Å². The molecule has 4 aromatic rings. The van der Waals surface area contributed by atoms with Gasteiger partial charge in [-0.1, -0.05) is 12.1 Å². The van der Waals surface area contributed by atoms with Gasteiger partial charge < -0.3 is 18.6 Å². The van der Waals surface area contributed by atoms with Crippen LogP contribution in [0.25, 0.3) is 11.0 Å². The number of carbonyl (C=O) groups is 1. The lowest BCUT2D eigenvalue weighted by Crippen LogP contribution is -2.29. The third-order valence-corrected chi connectivity index (χ3v) is 5.80. The maximum Gasteiger partial charge on any atom is 0.453 e. The van der Waals surface area contributed by atoms with E-state index in [1.807, 2.05) is 0 Å². The van der Waals surface area contributed by atoms with Crippen LogP contribution >= 0.6 is 15.9 Å². The van der Waals surface area contributed by atoms with Crippen LogP contribution in [0.4, 0.5) is 35.1 Å². The highest BCUT2D eigenvalue weighted by Gasteiger charge is 2.41. The summed E-state index contributed by atoms with van der Waals surface area (Å²) in [5, 5.41) is -0.402. The fraction of sp³-hybridized carbons (Fsp3) is 0.120. The van der Waals surface area contributed by atoms with Crippen molar-refractivity contribution < 1.29 is 58.5 Å². The van der Waals surface area contributed by atoms with E-state index in [0.717, 1.165) is 25.1 Å². The van der Waals surface area contributed by atoms with Crippen molar-refractivity contribution in [3.63, 3.8) is 0 Å². The molecule has 0 aliphatic rings. The predicted octanol–water partition coefficient (Wildman–Crippen LogP) is 7.44. The third kappa shape index (κ3) is 5.46. The van der Waals surface area contributed by atoms with E-state index in [2.05, 4.69) is 20.7 Å². The van der Waals surface area contributed by atoms with Gasteiger partial charge in [0, 0.05) is 6.07 Å². The number of fused-ring (bicyclic) bond motifs is 1. The number of para-hydroxylation sites is 1. The molecule has 15 heteroatoms. The smallest absolute Gasteiger partial charge is 0.453 e. The minimum Gasteiger partial charge on any atom is -0.473 e. The normalized spacial score (nSPS) is 12.3. The molecule has 210 valence electrons. The van der Waals surface area contributed by atoms with Gasteiger partial charge in [0.2, 0.25) is 40.3 Å². The first-order valence-corrected chi connectivity index (χ1v) is 11.5. The number of ether oxygens (including phenoxy) is 3. The molecule has 0 aliphatic carbocycles. The molecule has 3 aromatic carbocycles. The molecule has 0 amide bonds. The van der Waals surface area contributed by atoms with Gasteiger partial charge in [0.25, 0.3) is 5.76 Å². The summed E-state index contributed by atoms with van der Waals surface area (Å²) in [4.78, 5) is 25.3. The summed E-state index contributed by atoms with van der Waals surface area (Å²) in [7, 11) is 0. The third-order valence-electron chi connectivity index (χ3n) is 5.14. The standard InChI is InChI=1S/C25H11BrF8O6/c1-9(37-21-18(30)16(28)15(27)17(29)19(21)31)24(36)38-10-6-7-11-14(8-10)40-23(25(32,33)34)22(20(11)35)39-13-5-3-2-4-12(13)26/h2-9H,1H3. The Bertz CT molecular complexity index is 1670. The molecule has 1 heterocycles. The average Bonchev–Trinajstić information content (AvgIpc) is 2.90. The monoisotopic (exact) mass is 638 g/mol. The molecular weight excluding hydrogens is 628 g/mol. The van der Waals surface area contributed by atoms with E-state index in [-0.39, 0.29) is 10.2 Å². The molecule has 1 aromatic heterocycles. The number of alkyl halides is 3. The first-order chi connectivity index (χ1) is 18.7. The highest BCUT2D eigenvalue weighted by atomic mass is 79.9. The van der Waals surface area contributed by atoms with E-state index in [1.54, 1.807) is 6.07 Å². The van der Waals surface area contributed by atoms with Crippen molar-refractivity contribution in [3.05, 3.63) is 92.0 Å². The van der Waals surface area contributed by atoms with Gasteiger partial charge >= 0.3 is 12.1 Å². The van der Waals surface area contributed by atoms with Crippen molar-refractivity contribution in [1.82, 2.24) is 0 Å². The number of hydrogen-bond acceptors (Lipinski definition) is 6. The van der Waals surface area contributed by atoms with E-state index in [1.165, 1.54) is 18.2 Å². The van der Waals surface area contributed by atoms with Crippen LogP contribution in [-0.4, -0.2) is 12.1 Å². The van der Waals surface area contributed by atoms with Gasteiger partial charge in [0.15, 0.2) is 11.9 Å². The Balaban J connectivity index is 1.66. The average molecular weight is 639 g/mol. The first kappa shape index (κ1) is 28.9. The van der Waals surface area contributed by atoms with E-state index in [4.69, 9.17) is 13.9 Å². The van der Waals surface area contributed by atoms with Crippen molar-refractivity contribution in [3.8, 4) is 23.0 Å². The second kappa shape index (κ2) is 10.8. The molecule has 0 fully saturated rings. The number of benzene rings is 3. The lowest BCUT2D eigenvalue weighted by Gasteiger charge is -2.16. The SMILES string of the molecule is CC(Oc1c(F)c(F)c(F)c(F)c1F)C(=O)Oc1ccc2c(=O)c(Oc3ccccc3Br)c(C(F)(F)F)oc2c1. The molecule has 0 saturated heterocycles. The number of hydrogen-bond donors (Lipinski definition) is 0. The van der Waals surface area contributed by atoms with Crippen LogP contribution in [0.1, 0.15) is 12.7 Å². The van der Waals surface area contributed by atoms with Crippen molar-refractivity contribution in [2.24, 2.45) is 0 Å². The van der Waals surface area contributed by atoms with Crippen LogP contribution in [0.3, 0.4) is 0 Å². The summed E-state index contributed by atoms with van der Waals surface area (Å²) in [6.07, 6.45) is -7.17. The zero-order valence-electron chi connectivity index (χ0n) is 19.5. The predicted molar refractivity (Wildman–Crippen MR) is 124 cm³/mol. The number of carbonyl (C=O) groups excluding carboxylic acids is 1. The Morgan fingerprint density at radius 3 is 2.10 bits per heavy atom. The highest BCUT2D eigenvalue weighted by molar-refractivity contribution is 9.10. The van der Waals surface area contributed by atoms with Gasteiger partial charge in [0.1, 0.15) is 17.1 Å². The summed E-state index contributed by atoms with van der Waals surface area (Å²) < 4.78 is 129. The van der Waals surface area contributed by atoms with Crippen LogP contribution in [0.15, 0.2) is 56.1 Å². The van der Waals surface area contributed by atoms with Crippen molar-refractivity contribution in [1.29, 1.82) is 0 Å². The molecule has 0 spiro atoms. The molecule has 0 bridgehead atoms. The number of halogens is 9. The second-order valence-corrected chi connectivity index (χ2v) is 8.71. The molecule has 0 N–H and O–H groups in total. The van der Waals surface area contributed by atoms with Crippen LogP contribution in [0.5, 0.6) is 23.0 Å². The summed E-state index contributed by atoms with van der Waals surface area (Å²) in [6.45, 7) is 0.842. The van der Waals surface area contributed by atoms with Gasteiger partial charge in [-0.15, -0.1) is 0 Å². The fourth-order valence-electron chi connectivity index (χ4n) is 3.25. The lowest BCUT2D eigenvalue weighted by molar-refractivity contribution is -0.154. The Labute approximate surface area is 225 Å². The number of rotatable bonds is 6. The lowest BCUT2D eigenvalue weighted by atomic mass is 10.2. The van der Waals surface area contributed by atoms with Gasteiger partial charge in [-0.25, -0.2) is 18.0 Å². The Morgan fingerprint density at radius 1 is 0.900 bits per heavy atom. The largest absolute Gasteiger partial charge is 0.473 e. The van der Waals surface area contributed by atoms with Gasteiger partial charge in [-0.2, -0.15) is 22.0 Å². The molecule has 0 radical (unpaired) electrons. The Hall–Kier alpha value is -4.14.